The third-order valence-electron chi connectivity index (χ3n) is 4.17. The molecule has 29 heavy (non-hydrogen) atoms. The molecule has 0 bridgehead atoms. The molecule has 2 aromatic carbocycles. The van der Waals surface area contributed by atoms with Gasteiger partial charge in [-0.1, -0.05) is 0 Å². The van der Waals surface area contributed by atoms with Crippen molar-refractivity contribution in [1.29, 1.82) is 0 Å². The number of nitro groups is 1. The minimum absolute atomic E-state index is 0.151. The molecule has 1 heterocycles. The van der Waals surface area contributed by atoms with Gasteiger partial charge in [-0.15, -0.1) is 0 Å². The van der Waals surface area contributed by atoms with E-state index in [1.54, 1.807) is 55.8 Å². The standard InChI is InChI=1S/C21H19N3O5/c1-14(25)16-3-8-19(20(12-16)24(26)27)23-13-15-9-10-22-21(11-15)29-18-6-4-17(28-2)5-7-18/h3-12,23H,13H2,1-2H3. The molecule has 8 heteroatoms. The average molecular weight is 393 g/mol. The fourth-order valence-electron chi connectivity index (χ4n) is 2.63. The first kappa shape index (κ1) is 19.8. The number of carbonyl (C=O) groups is 1. The van der Waals surface area contributed by atoms with Crippen LogP contribution in [0.25, 0.3) is 0 Å². The maximum Gasteiger partial charge on any atom is 0.293 e. The number of pyridine rings is 1. The first-order valence-electron chi connectivity index (χ1n) is 8.76. The topological polar surface area (TPSA) is 104 Å². The van der Waals surface area contributed by atoms with Crippen molar-refractivity contribution in [2.24, 2.45) is 0 Å². The van der Waals surface area contributed by atoms with Crippen molar-refractivity contribution < 1.29 is 19.2 Å². The molecule has 0 spiro atoms. The van der Waals surface area contributed by atoms with E-state index in [2.05, 4.69) is 10.3 Å². The number of aromatic nitrogens is 1. The minimum atomic E-state index is -0.514. The van der Waals surface area contributed by atoms with E-state index >= 15 is 0 Å². The van der Waals surface area contributed by atoms with Crippen molar-refractivity contribution in [3.63, 3.8) is 0 Å². The number of Topliss-reactive ketones (excluding diaryl/α,β-unsaturated/α-hetero) is 1. The number of hydrogen-bond donors (Lipinski definition) is 1. The Morgan fingerprint density at radius 3 is 2.48 bits per heavy atom. The lowest BCUT2D eigenvalue weighted by molar-refractivity contribution is -0.384. The lowest BCUT2D eigenvalue weighted by Gasteiger charge is -2.10. The van der Waals surface area contributed by atoms with Gasteiger partial charge in [-0.05, 0) is 55.0 Å². The molecule has 8 nitrogen and oxygen atoms in total. The van der Waals surface area contributed by atoms with E-state index in [4.69, 9.17) is 9.47 Å². The van der Waals surface area contributed by atoms with Crippen LogP contribution in [0.3, 0.4) is 0 Å². The van der Waals surface area contributed by atoms with Crippen LogP contribution in [-0.2, 0) is 6.54 Å². The smallest absolute Gasteiger partial charge is 0.293 e. The molecule has 0 atom stereocenters. The van der Waals surface area contributed by atoms with Crippen molar-refractivity contribution >= 4 is 17.2 Å². The molecule has 3 aromatic rings. The van der Waals surface area contributed by atoms with Gasteiger partial charge < -0.3 is 14.8 Å². The number of ether oxygens (including phenoxy) is 2. The second-order valence-corrected chi connectivity index (χ2v) is 6.18. The molecule has 0 saturated carbocycles. The largest absolute Gasteiger partial charge is 0.497 e. The van der Waals surface area contributed by atoms with Crippen LogP contribution in [-0.4, -0.2) is 22.8 Å². The fraction of sp³-hybridized carbons (Fsp3) is 0.143. The molecule has 0 aliphatic carbocycles. The Bertz CT molecular complexity index is 1030. The number of nitrogens with zero attached hydrogens (tertiary/aromatic N) is 2. The highest BCUT2D eigenvalue weighted by Gasteiger charge is 2.16. The zero-order valence-electron chi connectivity index (χ0n) is 15.9. The second-order valence-electron chi connectivity index (χ2n) is 6.18. The van der Waals surface area contributed by atoms with Crippen LogP contribution in [0.15, 0.2) is 60.8 Å². The molecule has 0 unspecified atom stereocenters. The van der Waals surface area contributed by atoms with Gasteiger partial charge in [0.1, 0.15) is 17.2 Å². The number of hydrogen-bond acceptors (Lipinski definition) is 7. The summed E-state index contributed by atoms with van der Waals surface area (Å²) < 4.78 is 10.8. The highest BCUT2D eigenvalue weighted by atomic mass is 16.6. The van der Waals surface area contributed by atoms with E-state index < -0.39 is 4.92 Å². The number of benzene rings is 2. The minimum Gasteiger partial charge on any atom is -0.497 e. The van der Waals surface area contributed by atoms with E-state index in [0.717, 1.165) is 11.3 Å². The van der Waals surface area contributed by atoms with Crippen LogP contribution in [0.4, 0.5) is 11.4 Å². The van der Waals surface area contributed by atoms with Gasteiger partial charge in [0.25, 0.3) is 5.69 Å². The summed E-state index contributed by atoms with van der Waals surface area (Å²) in [6.07, 6.45) is 1.60. The molecule has 3 rings (SSSR count). The normalized spacial score (nSPS) is 10.3. The Labute approximate surface area is 167 Å². The molecule has 1 N–H and O–H groups in total. The van der Waals surface area contributed by atoms with Crippen LogP contribution >= 0.6 is 0 Å². The van der Waals surface area contributed by atoms with Crippen LogP contribution in [0.5, 0.6) is 17.4 Å². The van der Waals surface area contributed by atoms with E-state index in [0.29, 0.717) is 29.4 Å². The first-order chi connectivity index (χ1) is 14.0. The molecular formula is C21H19N3O5. The molecule has 0 saturated heterocycles. The van der Waals surface area contributed by atoms with E-state index in [1.807, 2.05) is 0 Å². The summed E-state index contributed by atoms with van der Waals surface area (Å²) in [6, 6.07) is 15.0. The molecule has 148 valence electrons. The summed E-state index contributed by atoms with van der Waals surface area (Å²) in [4.78, 5) is 26.5. The van der Waals surface area contributed by atoms with Crippen LogP contribution < -0.4 is 14.8 Å². The van der Waals surface area contributed by atoms with Gasteiger partial charge in [-0.3, -0.25) is 14.9 Å². The summed E-state index contributed by atoms with van der Waals surface area (Å²) in [6.45, 7) is 1.69. The van der Waals surface area contributed by atoms with Gasteiger partial charge >= 0.3 is 0 Å². The van der Waals surface area contributed by atoms with Crippen LogP contribution in [0, 0.1) is 10.1 Å². The molecular weight excluding hydrogens is 374 g/mol. The number of methoxy groups -OCH3 is 1. The van der Waals surface area contributed by atoms with E-state index in [1.165, 1.54) is 19.1 Å². The number of carbonyl (C=O) groups excluding carboxylic acids is 1. The molecule has 1 aromatic heterocycles. The van der Waals surface area contributed by atoms with E-state index in [-0.39, 0.29) is 11.5 Å². The maximum atomic E-state index is 11.5. The summed E-state index contributed by atoms with van der Waals surface area (Å²) in [5.74, 6) is 1.50. The third-order valence-corrected chi connectivity index (χ3v) is 4.17. The monoisotopic (exact) mass is 393 g/mol. The molecule has 0 aliphatic heterocycles. The number of anilines is 1. The van der Waals surface area contributed by atoms with Gasteiger partial charge in [-0.2, -0.15) is 0 Å². The Morgan fingerprint density at radius 2 is 1.83 bits per heavy atom. The summed E-state index contributed by atoms with van der Waals surface area (Å²) in [5, 5.41) is 14.4. The Hall–Kier alpha value is -3.94. The molecule has 0 aliphatic rings. The lowest BCUT2D eigenvalue weighted by atomic mass is 10.1. The zero-order valence-corrected chi connectivity index (χ0v) is 15.9. The van der Waals surface area contributed by atoms with E-state index in [9.17, 15) is 14.9 Å². The summed E-state index contributed by atoms with van der Waals surface area (Å²) >= 11 is 0. The van der Waals surface area contributed by atoms with Crippen LogP contribution in [0.1, 0.15) is 22.8 Å². The van der Waals surface area contributed by atoms with Gasteiger partial charge in [0.05, 0.1) is 12.0 Å². The van der Waals surface area contributed by atoms with Gasteiger partial charge in [0, 0.05) is 30.4 Å². The molecule has 0 amide bonds. The molecule has 0 fully saturated rings. The van der Waals surface area contributed by atoms with Crippen molar-refractivity contribution in [2.45, 2.75) is 13.5 Å². The number of nitrogens with one attached hydrogen (secondary N) is 1. The summed E-state index contributed by atoms with van der Waals surface area (Å²) in [7, 11) is 1.59. The molecule has 0 radical (unpaired) electrons. The number of ketones is 1. The van der Waals surface area contributed by atoms with Crippen molar-refractivity contribution in [2.75, 3.05) is 12.4 Å². The van der Waals surface area contributed by atoms with Crippen molar-refractivity contribution in [1.82, 2.24) is 4.98 Å². The Morgan fingerprint density at radius 1 is 1.10 bits per heavy atom. The maximum absolute atomic E-state index is 11.5. The predicted octanol–water partition coefficient (Wildman–Crippen LogP) is 4.61. The van der Waals surface area contributed by atoms with Gasteiger partial charge in [0.15, 0.2) is 5.78 Å². The fourth-order valence-corrected chi connectivity index (χ4v) is 2.63. The quantitative estimate of drug-likeness (QED) is 0.339. The first-order valence-corrected chi connectivity index (χ1v) is 8.76. The van der Waals surface area contributed by atoms with Gasteiger partial charge in [0.2, 0.25) is 5.88 Å². The summed E-state index contributed by atoms with van der Waals surface area (Å²) in [5.41, 5.74) is 1.30. The highest BCUT2D eigenvalue weighted by molar-refractivity contribution is 5.95. The van der Waals surface area contributed by atoms with Crippen molar-refractivity contribution in [3.05, 3.63) is 82.0 Å². The van der Waals surface area contributed by atoms with Crippen LogP contribution in [0.2, 0.25) is 0 Å². The number of nitro benzene ring substituents is 1. The third kappa shape index (κ3) is 5.07. The SMILES string of the molecule is COc1ccc(Oc2cc(CNc3ccc(C(C)=O)cc3[N+](=O)[O-])ccn2)cc1. The average Bonchev–Trinajstić information content (AvgIpc) is 2.73. The Balaban J connectivity index is 1.72. The lowest BCUT2D eigenvalue weighted by Crippen LogP contribution is -2.04. The Kier molecular flexibility index (Phi) is 6.03. The van der Waals surface area contributed by atoms with Crippen molar-refractivity contribution in [3.8, 4) is 17.4 Å². The van der Waals surface area contributed by atoms with Gasteiger partial charge in [-0.25, -0.2) is 4.98 Å². The predicted molar refractivity (Wildman–Crippen MR) is 108 cm³/mol. The zero-order chi connectivity index (χ0) is 20.8. The second kappa shape index (κ2) is 8.83. The highest BCUT2D eigenvalue weighted by Crippen LogP contribution is 2.27. The number of rotatable bonds is 8.